The molecule has 0 aromatic carbocycles. The number of carbonyl (C=O) groups excluding carboxylic acids is 5. The van der Waals surface area contributed by atoms with Gasteiger partial charge in [-0.1, -0.05) is 0 Å². The molecule has 0 spiro atoms. The summed E-state index contributed by atoms with van der Waals surface area (Å²) in [4.78, 5) is 69.5. The number of nitrogens with zero attached hydrogens (tertiary/aromatic N) is 3. The van der Waals surface area contributed by atoms with E-state index < -0.39 is 30.1 Å². The standard InChI is InChI=1S/C22H32N4O6/c1-14-20(29)26-12-5-8-17(26)22(31)32-13-9-18(27)24-11-4-7-16(24)21(30)25-10-3-2-6-15(25)19(28)23-14/h14-17H,2-13H2,1H3,(H,23,28)/t14-,15-,16-,17-/m0/s1. The maximum atomic E-state index is 13.4. The number of esters is 1. The molecule has 10 heteroatoms. The number of nitrogens with one attached hydrogen (secondary N) is 1. The van der Waals surface area contributed by atoms with Crippen LogP contribution in [0.4, 0.5) is 0 Å². The van der Waals surface area contributed by atoms with Gasteiger partial charge < -0.3 is 24.8 Å². The first kappa shape index (κ1) is 22.5. The van der Waals surface area contributed by atoms with Crippen molar-refractivity contribution in [1.29, 1.82) is 0 Å². The SMILES string of the molecule is C[C@@H]1NC(=O)[C@@H]2CCCCN2C(=O)[C@@H]2CCCN2C(=O)CCOC(=O)[C@@H]2CCCN2C1=O. The molecule has 0 radical (unpaired) electrons. The van der Waals surface area contributed by atoms with Crippen LogP contribution in [0.1, 0.15) is 58.3 Å². The first-order valence-corrected chi connectivity index (χ1v) is 11.8. The van der Waals surface area contributed by atoms with Gasteiger partial charge in [-0.15, -0.1) is 0 Å². The Morgan fingerprint density at radius 3 is 2.16 bits per heavy atom. The van der Waals surface area contributed by atoms with Crippen LogP contribution in [0.5, 0.6) is 0 Å². The molecule has 4 heterocycles. The summed E-state index contributed by atoms with van der Waals surface area (Å²) in [6.07, 6.45) is 4.59. The largest absolute Gasteiger partial charge is 0.464 e. The fourth-order valence-corrected chi connectivity index (χ4v) is 5.36. The van der Waals surface area contributed by atoms with Gasteiger partial charge in [-0.2, -0.15) is 0 Å². The minimum absolute atomic E-state index is 0.00347. The molecule has 0 aliphatic carbocycles. The third kappa shape index (κ3) is 4.31. The minimum atomic E-state index is -0.813. The van der Waals surface area contributed by atoms with E-state index >= 15 is 0 Å². The topological polar surface area (TPSA) is 116 Å². The predicted octanol–water partition coefficient (Wildman–Crippen LogP) is -0.199. The lowest BCUT2D eigenvalue weighted by Crippen LogP contribution is -2.59. The molecule has 4 fully saturated rings. The third-order valence-electron chi connectivity index (χ3n) is 7.04. The van der Waals surface area contributed by atoms with E-state index in [1.807, 2.05) is 0 Å². The van der Waals surface area contributed by atoms with Gasteiger partial charge in [0.2, 0.25) is 23.6 Å². The Labute approximate surface area is 187 Å². The van der Waals surface area contributed by atoms with Crippen LogP contribution in [0, 0.1) is 0 Å². The second-order valence-electron chi connectivity index (χ2n) is 9.13. The summed E-state index contributed by atoms with van der Waals surface area (Å²) in [5.74, 6) is -1.66. The van der Waals surface area contributed by atoms with E-state index in [-0.39, 0.29) is 36.7 Å². The molecule has 32 heavy (non-hydrogen) atoms. The zero-order valence-corrected chi connectivity index (χ0v) is 18.6. The van der Waals surface area contributed by atoms with Crippen molar-refractivity contribution in [2.24, 2.45) is 0 Å². The van der Waals surface area contributed by atoms with E-state index in [1.54, 1.807) is 16.7 Å². The highest BCUT2D eigenvalue weighted by Crippen LogP contribution is 2.26. The third-order valence-corrected chi connectivity index (χ3v) is 7.04. The van der Waals surface area contributed by atoms with Crippen LogP contribution in [-0.4, -0.2) is 94.7 Å². The molecule has 0 bridgehead atoms. The van der Waals surface area contributed by atoms with E-state index in [0.717, 1.165) is 19.3 Å². The lowest BCUT2D eigenvalue weighted by atomic mass is 9.99. The van der Waals surface area contributed by atoms with Crippen LogP contribution >= 0.6 is 0 Å². The normalized spacial score (nSPS) is 32.9. The maximum absolute atomic E-state index is 13.4. The molecule has 1 N–H and O–H groups in total. The molecule has 0 unspecified atom stereocenters. The lowest BCUT2D eigenvalue weighted by Gasteiger charge is -2.38. The van der Waals surface area contributed by atoms with Crippen molar-refractivity contribution in [3.63, 3.8) is 0 Å². The summed E-state index contributed by atoms with van der Waals surface area (Å²) in [6.45, 7) is 2.89. The fourth-order valence-electron chi connectivity index (χ4n) is 5.36. The number of amides is 4. The van der Waals surface area contributed by atoms with Gasteiger partial charge in [0.05, 0.1) is 6.42 Å². The molecule has 0 saturated carbocycles. The van der Waals surface area contributed by atoms with Crippen molar-refractivity contribution in [3.8, 4) is 0 Å². The number of fused-ring (bicyclic) bond motifs is 3. The zero-order chi connectivity index (χ0) is 22.8. The number of hydrogen-bond donors (Lipinski definition) is 1. The summed E-state index contributed by atoms with van der Waals surface area (Å²) in [7, 11) is 0. The van der Waals surface area contributed by atoms with Gasteiger partial charge in [0.25, 0.3) is 0 Å². The van der Waals surface area contributed by atoms with Crippen LogP contribution in [0.2, 0.25) is 0 Å². The Kier molecular flexibility index (Phi) is 6.66. The van der Waals surface area contributed by atoms with Crippen LogP contribution in [0.15, 0.2) is 0 Å². The summed E-state index contributed by atoms with van der Waals surface area (Å²) in [5.41, 5.74) is 0. The first-order valence-electron chi connectivity index (χ1n) is 11.8. The fraction of sp³-hybridized carbons (Fsp3) is 0.773. The summed E-state index contributed by atoms with van der Waals surface area (Å²) < 4.78 is 5.33. The molecule has 10 nitrogen and oxygen atoms in total. The van der Waals surface area contributed by atoms with Crippen LogP contribution in [0.25, 0.3) is 0 Å². The molecular weight excluding hydrogens is 416 g/mol. The number of hydrogen-bond acceptors (Lipinski definition) is 6. The lowest BCUT2D eigenvalue weighted by molar-refractivity contribution is -0.156. The number of rotatable bonds is 0. The van der Waals surface area contributed by atoms with Gasteiger partial charge >= 0.3 is 5.97 Å². The highest BCUT2D eigenvalue weighted by atomic mass is 16.5. The average Bonchev–Trinajstić information content (AvgIpc) is 3.47. The van der Waals surface area contributed by atoms with Crippen LogP contribution in [-0.2, 0) is 28.7 Å². The highest BCUT2D eigenvalue weighted by Gasteiger charge is 2.43. The summed E-state index contributed by atoms with van der Waals surface area (Å²) in [5, 5.41) is 2.77. The van der Waals surface area contributed by atoms with Gasteiger partial charge in [-0.3, -0.25) is 19.2 Å². The first-order chi connectivity index (χ1) is 15.4. The van der Waals surface area contributed by atoms with Crippen LogP contribution < -0.4 is 5.32 Å². The summed E-state index contributed by atoms with van der Waals surface area (Å²) >= 11 is 0. The smallest absolute Gasteiger partial charge is 0.328 e. The number of ether oxygens (including phenoxy) is 1. The van der Waals surface area contributed by atoms with Crippen LogP contribution in [0.3, 0.4) is 0 Å². The zero-order valence-electron chi connectivity index (χ0n) is 18.6. The molecule has 4 amide bonds. The van der Waals surface area contributed by atoms with E-state index in [0.29, 0.717) is 45.3 Å². The molecule has 4 atom stereocenters. The van der Waals surface area contributed by atoms with Crippen molar-refractivity contribution < 1.29 is 28.7 Å². The number of piperidine rings is 1. The van der Waals surface area contributed by atoms with E-state index in [4.69, 9.17) is 4.74 Å². The molecule has 176 valence electrons. The van der Waals surface area contributed by atoms with E-state index in [9.17, 15) is 24.0 Å². The van der Waals surface area contributed by atoms with Crippen molar-refractivity contribution in [1.82, 2.24) is 20.0 Å². The van der Waals surface area contributed by atoms with Gasteiger partial charge in [0, 0.05) is 19.6 Å². The molecule has 4 aliphatic heterocycles. The second-order valence-corrected chi connectivity index (χ2v) is 9.13. The number of carbonyl (C=O) groups is 5. The van der Waals surface area contributed by atoms with Crippen molar-refractivity contribution >= 4 is 29.6 Å². The minimum Gasteiger partial charge on any atom is -0.464 e. The highest BCUT2D eigenvalue weighted by molar-refractivity contribution is 5.95. The Morgan fingerprint density at radius 2 is 1.38 bits per heavy atom. The van der Waals surface area contributed by atoms with Gasteiger partial charge in [-0.25, -0.2) is 4.79 Å². The monoisotopic (exact) mass is 448 g/mol. The van der Waals surface area contributed by atoms with Gasteiger partial charge in [0.15, 0.2) is 0 Å². The molecule has 0 aromatic heterocycles. The van der Waals surface area contributed by atoms with Crippen molar-refractivity contribution in [2.75, 3.05) is 26.2 Å². The Balaban J connectivity index is 1.60. The maximum Gasteiger partial charge on any atom is 0.328 e. The average molecular weight is 449 g/mol. The molecule has 4 saturated heterocycles. The second kappa shape index (κ2) is 9.46. The van der Waals surface area contributed by atoms with Gasteiger partial charge in [0.1, 0.15) is 30.8 Å². The summed E-state index contributed by atoms with van der Waals surface area (Å²) in [6, 6.07) is -2.76. The molecule has 4 aliphatic rings. The van der Waals surface area contributed by atoms with Crippen molar-refractivity contribution in [2.45, 2.75) is 82.5 Å². The molecule has 4 rings (SSSR count). The van der Waals surface area contributed by atoms with Crippen molar-refractivity contribution in [3.05, 3.63) is 0 Å². The van der Waals surface area contributed by atoms with E-state index in [1.165, 1.54) is 4.90 Å². The molecular formula is C22H32N4O6. The Morgan fingerprint density at radius 1 is 0.750 bits per heavy atom. The number of cyclic esters (lactones) is 1. The Bertz CT molecular complexity index is 801. The Hall–Kier alpha value is -2.65. The molecule has 0 aromatic rings. The quantitative estimate of drug-likeness (QED) is 0.513. The van der Waals surface area contributed by atoms with E-state index in [2.05, 4.69) is 5.32 Å². The van der Waals surface area contributed by atoms with Gasteiger partial charge in [-0.05, 0) is 51.9 Å². The predicted molar refractivity (Wildman–Crippen MR) is 112 cm³/mol.